The molecule has 7 heteroatoms. The molecular formula is C17H17FN2O3S. The second-order valence-electron chi connectivity index (χ2n) is 5.66. The first-order valence-corrected chi connectivity index (χ1v) is 9.09. The molecule has 0 unspecified atom stereocenters. The van der Waals surface area contributed by atoms with Crippen LogP contribution in [0.5, 0.6) is 0 Å². The molecule has 0 aromatic heterocycles. The molecule has 2 N–H and O–H groups in total. The number of fused-ring (bicyclic) bond motifs is 1. The average Bonchev–Trinajstić information content (AvgIpc) is 3.03. The number of hydrogen-bond donors (Lipinski definition) is 2. The summed E-state index contributed by atoms with van der Waals surface area (Å²) in [4.78, 5) is 12.0. The molecule has 0 saturated carbocycles. The van der Waals surface area contributed by atoms with Crippen LogP contribution in [0.15, 0.2) is 47.4 Å². The van der Waals surface area contributed by atoms with Crippen molar-refractivity contribution in [3.05, 3.63) is 59.4 Å². The van der Waals surface area contributed by atoms with E-state index < -0.39 is 28.3 Å². The number of carbonyl (C=O) groups excluding carboxylic acids is 1. The minimum Gasteiger partial charge on any atom is -0.325 e. The van der Waals surface area contributed by atoms with Gasteiger partial charge in [-0.15, -0.1) is 0 Å². The van der Waals surface area contributed by atoms with Gasteiger partial charge in [-0.1, -0.05) is 6.07 Å². The number of anilines is 1. The van der Waals surface area contributed by atoms with Crippen LogP contribution in [0.2, 0.25) is 0 Å². The normalized spacial score (nSPS) is 13.5. The molecule has 1 aliphatic rings. The van der Waals surface area contributed by atoms with E-state index >= 15 is 0 Å². The molecule has 5 nitrogen and oxygen atoms in total. The molecule has 0 radical (unpaired) electrons. The molecule has 0 heterocycles. The Balaban J connectivity index is 1.62. The highest BCUT2D eigenvalue weighted by Crippen LogP contribution is 2.24. The number of benzene rings is 2. The molecular weight excluding hydrogens is 331 g/mol. The molecule has 0 bridgehead atoms. The molecule has 2 aromatic carbocycles. The Bertz CT molecular complexity index is 864. The summed E-state index contributed by atoms with van der Waals surface area (Å²) in [6.45, 7) is -0.392. The standard InChI is InChI=1S/C17H17FN2O3S/c18-14-5-7-15(8-6-14)20-17(21)11-19-24(22,23)16-9-4-12-2-1-3-13(12)10-16/h4-10,19H,1-3,11H2,(H,20,21). The highest BCUT2D eigenvalue weighted by atomic mass is 32.2. The van der Waals surface area contributed by atoms with E-state index in [1.54, 1.807) is 12.1 Å². The lowest BCUT2D eigenvalue weighted by molar-refractivity contribution is -0.115. The Morgan fingerprint density at radius 3 is 2.50 bits per heavy atom. The maximum absolute atomic E-state index is 12.8. The molecule has 126 valence electrons. The van der Waals surface area contributed by atoms with Gasteiger partial charge in [-0.05, 0) is 66.8 Å². The van der Waals surface area contributed by atoms with Gasteiger partial charge in [-0.3, -0.25) is 4.79 Å². The van der Waals surface area contributed by atoms with Gasteiger partial charge >= 0.3 is 0 Å². The molecule has 0 fully saturated rings. The zero-order valence-corrected chi connectivity index (χ0v) is 13.7. The lowest BCUT2D eigenvalue weighted by atomic mass is 10.1. The second kappa shape index (κ2) is 6.70. The molecule has 1 amide bonds. The first kappa shape index (κ1) is 16.6. The van der Waals surface area contributed by atoms with Crippen molar-refractivity contribution in [2.45, 2.75) is 24.2 Å². The van der Waals surface area contributed by atoms with Gasteiger partial charge in [0.25, 0.3) is 0 Å². The van der Waals surface area contributed by atoms with Crippen LogP contribution in [-0.2, 0) is 27.7 Å². The van der Waals surface area contributed by atoms with Gasteiger partial charge in [0, 0.05) is 5.69 Å². The third-order valence-electron chi connectivity index (χ3n) is 3.93. The smallest absolute Gasteiger partial charge is 0.241 e. The quantitative estimate of drug-likeness (QED) is 0.870. The molecule has 1 aliphatic carbocycles. The fraction of sp³-hybridized carbons (Fsp3) is 0.235. The fourth-order valence-electron chi connectivity index (χ4n) is 2.70. The average molecular weight is 348 g/mol. The lowest BCUT2D eigenvalue weighted by Crippen LogP contribution is -2.33. The fourth-order valence-corrected chi connectivity index (χ4v) is 3.73. The van der Waals surface area contributed by atoms with Crippen molar-refractivity contribution in [1.82, 2.24) is 4.72 Å². The van der Waals surface area contributed by atoms with Crippen molar-refractivity contribution < 1.29 is 17.6 Å². The minimum absolute atomic E-state index is 0.165. The van der Waals surface area contributed by atoms with E-state index in [-0.39, 0.29) is 4.90 Å². The van der Waals surface area contributed by atoms with Crippen LogP contribution in [0.25, 0.3) is 0 Å². The van der Waals surface area contributed by atoms with Gasteiger partial charge in [0.15, 0.2) is 0 Å². The van der Waals surface area contributed by atoms with Crippen molar-refractivity contribution in [2.75, 3.05) is 11.9 Å². The van der Waals surface area contributed by atoms with E-state index in [9.17, 15) is 17.6 Å². The number of hydrogen-bond acceptors (Lipinski definition) is 3. The SMILES string of the molecule is O=C(CNS(=O)(=O)c1ccc2c(c1)CCC2)Nc1ccc(F)cc1. The van der Waals surface area contributed by atoms with E-state index in [4.69, 9.17) is 0 Å². The first-order chi connectivity index (χ1) is 11.4. The van der Waals surface area contributed by atoms with Crippen molar-refractivity contribution in [2.24, 2.45) is 0 Å². The Morgan fingerprint density at radius 2 is 1.75 bits per heavy atom. The van der Waals surface area contributed by atoms with E-state index in [1.165, 1.54) is 29.8 Å². The number of halogens is 1. The molecule has 0 aliphatic heterocycles. The predicted molar refractivity (Wildman–Crippen MR) is 88.7 cm³/mol. The van der Waals surface area contributed by atoms with Gasteiger partial charge in [0.2, 0.25) is 15.9 Å². The summed E-state index contributed by atoms with van der Waals surface area (Å²) < 4.78 is 39.7. The summed E-state index contributed by atoms with van der Waals surface area (Å²) in [6.07, 6.45) is 2.89. The molecule has 24 heavy (non-hydrogen) atoms. The summed E-state index contributed by atoms with van der Waals surface area (Å²) in [7, 11) is -3.75. The van der Waals surface area contributed by atoms with Crippen LogP contribution in [0.1, 0.15) is 17.5 Å². The third kappa shape index (κ3) is 3.80. The maximum Gasteiger partial charge on any atom is 0.241 e. The van der Waals surface area contributed by atoms with Gasteiger partial charge in [0.1, 0.15) is 5.82 Å². The van der Waals surface area contributed by atoms with Gasteiger partial charge < -0.3 is 5.32 Å². The number of carbonyl (C=O) groups is 1. The minimum atomic E-state index is -3.75. The van der Waals surface area contributed by atoms with Crippen LogP contribution in [0, 0.1) is 5.82 Å². The third-order valence-corrected chi connectivity index (χ3v) is 5.33. The summed E-state index contributed by atoms with van der Waals surface area (Å²) in [6, 6.07) is 10.3. The van der Waals surface area contributed by atoms with Crippen molar-refractivity contribution in [3.63, 3.8) is 0 Å². The lowest BCUT2D eigenvalue weighted by Gasteiger charge is -2.09. The van der Waals surface area contributed by atoms with Gasteiger partial charge in [-0.2, -0.15) is 0 Å². The van der Waals surface area contributed by atoms with Crippen LogP contribution in [-0.4, -0.2) is 20.9 Å². The van der Waals surface area contributed by atoms with Crippen LogP contribution in [0.4, 0.5) is 10.1 Å². The summed E-state index contributed by atoms with van der Waals surface area (Å²) in [5.74, 6) is -0.934. The summed E-state index contributed by atoms with van der Waals surface area (Å²) in [5, 5.41) is 2.50. The van der Waals surface area contributed by atoms with Crippen molar-refractivity contribution in [3.8, 4) is 0 Å². The van der Waals surface area contributed by atoms with Crippen molar-refractivity contribution >= 4 is 21.6 Å². The second-order valence-corrected chi connectivity index (χ2v) is 7.43. The van der Waals surface area contributed by atoms with Crippen molar-refractivity contribution in [1.29, 1.82) is 0 Å². The molecule has 0 atom stereocenters. The molecule has 0 spiro atoms. The monoisotopic (exact) mass is 348 g/mol. The zero-order chi connectivity index (χ0) is 17.2. The van der Waals surface area contributed by atoms with E-state index in [1.807, 2.05) is 6.07 Å². The van der Waals surface area contributed by atoms with E-state index in [0.717, 1.165) is 24.8 Å². The number of rotatable bonds is 5. The Hall–Kier alpha value is -2.25. The molecule has 2 aromatic rings. The highest BCUT2D eigenvalue weighted by Gasteiger charge is 2.19. The predicted octanol–water partition coefficient (Wildman–Crippen LogP) is 2.23. The van der Waals surface area contributed by atoms with Gasteiger partial charge in [0.05, 0.1) is 11.4 Å². The zero-order valence-electron chi connectivity index (χ0n) is 12.9. The Labute approximate surface area is 139 Å². The topological polar surface area (TPSA) is 75.3 Å². The maximum atomic E-state index is 12.8. The van der Waals surface area contributed by atoms with E-state index in [0.29, 0.717) is 5.69 Å². The van der Waals surface area contributed by atoms with Crippen LogP contribution in [0.3, 0.4) is 0 Å². The highest BCUT2D eigenvalue weighted by molar-refractivity contribution is 7.89. The number of amides is 1. The Morgan fingerprint density at radius 1 is 1.04 bits per heavy atom. The van der Waals surface area contributed by atoms with Gasteiger partial charge in [-0.25, -0.2) is 17.5 Å². The van der Waals surface area contributed by atoms with E-state index in [2.05, 4.69) is 10.0 Å². The summed E-state index contributed by atoms with van der Waals surface area (Å²) in [5.41, 5.74) is 2.63. The van der Waals surface area contributed by atoms with Crippen LogP contribution >= 0.6 is 0 Å². The first-order valence-electron chi connectivity index (χ1n) is 7.61. The number of nitrogens with one attached hydrogen (secondary N) is 2. The molecule has 3 rings (SSSR count). The van der Waals surface area contributed by atoms with Crippen LogP contribution < -0.4 is 10.0 Å². The number of sulfonamides is 1. The largest absolute Gasteiger partial charge is 0.325 e. The Kier molecular flexibility index (Phi) is 4.64. The number of aryl methyl sites for hydroxylation is 2. The summed E-state index contributed by atoms with van der Waals surface area (Å²) >= 11 is 0. The molecule has 0 saturated heterocycles.